The van der Waals surface area contributed by atoms with E-state index in [0.717, 1.165) is 16.9 Å². The quantitative estimate of drug-likeness (QED) is 0.346. The number of esters is 2. The van der Waals surface area contributed by atoms with E-state index in [4.69, 9.17) is 9.47 Å². The molecule has 0 atom stereocenters. The number of carbonyl (C=O) groups is 2. The number of fused-ring (bicyclic) bond motifs is 1. The van der Waals surface area contributed by atoms with Crippen molar-refractivity contribution in [3.8, 4) is 11.5 Å². The molecule has 0 aliphatic carbocycles. The molecular formula is C24H20N2O5. The molecule has 156 valence electrons. The first-order valence-electron chi connectivity index (χ1n) is 9.60. The fraction of sp³-hybridized carbons (Fsp3) is 0.125. The zero-order valence-electron chi connectivity index (χ0n) is 17.1. The molecular weight excluding hydrogens is 396 g/mol. The predicted molar refractivity (Wildman–Crippen MR) is 113 cm³/mol. The van der Waals surface area contributed by atoms with Crippen molar-refractivity contribution in [3.63, 3.8) is 0 Å². The van der Waals surface area contributed by atoms with E-state index in [9.17, 15) is 9.59 Å². The lowest BCUT2D eigenvalue weighted by Gasteiger charge is -2.07. The van der Waals surface area contributed by atoms with Crippen LogP contribution >= 0.6 is 0 Å². The van der Waals surface area contributed by atoms with Crippen LogP contribution in [0, 0.1) is 6.92 Å². The minimum absolute atomic E-state index is 0.317. The lowest BCUT2D eigenvalue weighted by atomic mass is 10.2. The van der Waals surface area contributed by atoms with Crippen LogP contribution in [-0.4, -0.2) is 28.4 Å². The van der Waals surface area contributed by atoms with Crippen molar-refractivity contribution in [2.24, 2.45) is 0 Å². The summed E-state index contributed by atoms with van der Waals surface area (Å²) in [5.74, 6) is -0.00619. The number of rotatable bonds is 6. The van der Waals surface area contributed by atoms with E-state index in [1.807, 2.05) is 35.9 Å². The second kappa shape index (κ2) is 8.71. The monoisotopic (exact) mass is 416 g/mol. The Morgan fingerprint density at radius 2 is 1.55 bits per heavy atom. The highest BCUT2D eigenvalue weighted by molar-refractivity contribution is 5.92. The second-order valence-corrected chi connectivity index (χ2v) is 6.87. The van der Waals surface area contributed by atoms with E-state index >= 15 is 0 Å². The maximum absolute atomic E-state index is 12.3. The number of imidazole rings is 1. The Morgan fingerprint density at radius 3 is 2.19 bits per heavy atom. The third kappa shape index (κ3) is 4.56. The average Bonchev–Trinajstić information content (AvgIpc) is 3.22. The van der Waals surface area contributed by atoms with Gasteiger partial charge in [0.15, 0.2) is 0 Å². The van der Waals surface area contributed by atoms with Gasteiger partial charge in [-0.3, -0.25) is 0 Å². The zero-order chi connectivity index (χ0) is 21.8. The zero-order valence-corrected chi connectivity index (χ0v) is 17.1. The summed E-state index contributed by atoms with van der Waals surface area (Å²) in [4.78, 5) is 28.4. The molecule has 7 heteroatoms. The van der Waals surface area contributed by atoms with E-state index in [1.54, 1.807) is 24.3 Å². The van der Waals surface area contributed by atoms with E-state index in [2.05, 4.69) is 9.72 Å². The van der Waals surface area contributed by atoms with Crippen LogP contribution in [0.15, 0.2) is 73.1 Å². The lowest BCUT2D eigenvalue weighted by molar-refractivity contribution is 0.0600. The summed E-state index contributed by atoms with van der Waals surface area (Å²) in [5.41, 5.74) is 3.57. The standard InChI is InChI=1S/C24H20N2O5/c1-16-4-3-13-26-14-19(25-22(16)26)15-30-20-9-5-18(6-10-20)24(28)31-21-11-7-17(8-12-21)23(27)29-2/h3-14H,15H2,1-2H3. The van der Waals surface area contributed by atoms with Crippen LogP contribution in [-0.2, 0) is 11.3 Å². The van der Waals surface area contributed by atoms with Crippen LogP contribution in [0.1, 0.15) is 32.0 Å². The summed E-state index contributed by atoms with van der Waals surface area (Å²) in [6, 6.07) is 16.8. The SMILES string of the molecule is COC(=O)c1ccc(OC(=O)c2ccc(OCc3cn4cccc(C)c4n3)cc2)cc1. The number of ether oxygens (including phenoxy) is 3. The Hall–Kier alpha value is -4.13. The van der Waals surface area contributed by atoms with Gasteiger partial charge in [0.2, 0.25) is 0 Å². The highest BCUT2D eigenvalue weighted by Gasteiger charge is 2.11. The molecule has 0 fully saturated rings. The Balaban J connectivity index is 1.36. The summed E-state index contributed by atoms with van der Waals surface area (Å²) in [7, 11) is 1.31. The van der Waals surface area contributed by atoms with Gasteiger partial charge in [0.1, 0.15) is 23.8 Å². The van der Waals surface area contributed by atoms with Crippen LogP contribution < -0.4 is 9.47 Å². The molecule has 0 aliphatic heterocycles. The molecule has 2 heterocycles. The molecule has 0 amide bonds. The van der Waals surface area contributed by atoms with Crippen molar-refractivity contribution < 1.29 is 23.8 Å². The van der Waals surface area contributed by atoms with Crippen molar-refractivity contribution in [2.45, 2.75) is 13.5 Å². The summed E-state index contributed by atoms with van der Waals surface area (Å²) in [6.07, 6.45) is 3.88. The van der Waals surface area contributed by atoms with Crippen molar-refractivity contribution in [3.05, 3.63) is 95.4 Å². The number of carbonyl (C=O) groups excluding carboxylic acids is 2. The number of nitrogens with zero attached hydrogens (tertiary/aromatic N) is 2. The minimum atomic E-state index is -0.506. The van der Waals surface area contributed by atoms with Gasteiger partial charge in [0, 0.05) is 12.4 Å². The summed E-state index contributed by atoms with van der Waals surface area (Å²) in [6.45, 7) is 2.33. The summed E-state index contributed by atoms with van der Waals surface area (Å²) >= 11 is 0. The molecule has 0 saturated carbocycles. The summed E-state index contributed by atoms with van der Waals surface area (Å²) in [5, 5.41) is 0. The summed E-state index contributed by atoms with van der Waals surface area (Å²) < 4.78 is 17.7. The highest BCUT2D eigenvalue weighted by atomic mass is 16.5. The van der Waals surface area contributed by atoms with Gasteiger partial charge in [0.25, 0.3) is 0 Å². The van der Waals surface area contributed by atoms with Gasteiger partial charge in [-0.05, 0) is 67.1 Å². The predicted octanol–water partition coefficient (Wildman–Crippen LogP) is 4.23. The number of aryl methyl sites for hydroxylation is 1. The molecule has 0 N–H and O–H groups in total. The molecule has 0 spiro atoms. The largest absolute Gasteiger partial charge is 0.487 e. The van der Waals surface area contributed by atoms with Gasteiger partial charge < -0.3 is 18.6 Å². The van der Waals surface area contributed by atoms with Crippen LogP contribution in [0.3, 0.4) is 0 Å². The molecule has 0 radical (unpaired) electrons. The smallest absolute Gasteiger partial charge is 0.343 e. The van der Waals surface area contributed by atoms with Crippen LogP contribution in [0.4, 0.5) is 0 Å². The van der Waals surface area contributed by atoms with Gasteiger partial charge in [-0.15, -0.1) is 0 Å². The number of pyridine rings is 1. The van der Waals surface area contributed by atoms with Gasteiger partial charge in [-0.1, -0.05) is 6.07 Å². The topological polar surface area (TPSA) is 79.1 Å². The van der Waals surface area contributed by atoms with Gasteiger partial charge in [0.05, 0.1) is 23.9 Å². The first kappa shape index (κ1) is 20.2. The second-order valence-electron chi connectivity index (χ2n) is 6.87. The van der Waals surface area contributed by atoms with Gasteiger partial charge >= 0.3 is 11.9 Å². The van der Waals surface area contributed by atoms with Crippen molar-refractivity contribution in [1.82, 2.24) is 9.38 Å². The number of aromatic nitrogens is 2. The van der Waals surface area contributed by atoms with E-state index in [0.29, 0.717) is 29.2 Å². The fourth-order valence-electron chi connectivity index (χ4n) is 3.06. The lowest BCUT2D eigenvalue weighted by Crippen LogP contribution is -2.09. The van der Waals surface area contributed by atoms with E-state index in [1.165, 1.54) is 31.4 Å². The molecule has 2 aromatic heterocycles. The Kier molecular flexibility index (Phi) is 5.66. The molecule has 0 aliphatic rings. The number of benzene rings is 2. The fourth-order valence-corrected chi connectivity index (χ4v) is 3.06. The highest BCUT2D eigenvalue weighted by Crippen LogP contribution is 2.18. The third-order valence-electron chi connectivity index (χ3n) is 4.69. The van der Waals surface area contributed by atoms with Gasteiger partial charge in [-0.25, -0.2) is 14.6 Å². The molecule has 4 aromatic rings. The Labute approximate surface area is 178 Å². The molecule has 7 nitrogen and oxygen atoms in total. The maximum Gasteiger partial charge on any atom is 0.343 e. The minimum Gasteiger partial charge on any atom is -0.487 e. The normalized spacial score (nSPS) is 10.6. The average molecular weight is 416 g/mol. The Bertz CT molecular complexity index is 1230. The van der Waals surface area contributed by atoms with Gasteiger partial charge in [-0.2, -0.15) is 0 Å². The third-order valence-corrected chi connectivity index (χ3v) is 4.69. The number of hydrogen-bond donors (Lipinski definition) is 0. The first-order chi connectivity index (χ1) is 15.0. The first-order valence-corrected chi connectivity index (χ1v) is 9.60. The number of methoxy groups -OCH3 is 1. The number of hydrogen-bond acceptors (Lipinski definition) is 6. The van der Waals surface area contributed by atoms with Crippen LogP contribution in [0.5, 0.6) is 11.5 Å². The molecule has 0 unspecified atom stereocenters. The van der Waals surface area contributed by atoms with E-state index < -0.39 is 11.9 Å². The molecule has 2 aromatic carbocycles. The van der Waals surface area contributed by atoms with Crippen molar-refractivity contribution in [2.75, 3.05) is 7.11 Å². The Morgan fingerprint density at radius 1 is 0.903 bits per heavy atom. The van der Waals surface area contributed by atoms with E-state index in [-0.39, 0.29) is 0 Å². The molecule has 4 rings (SSSR count). The van der Waals surface area contributed by atoms with Crippen LogP contribution in [0.25, 0.3) is 5.65 Å². The van der Waals surface area contributed by atoms with Crippen molar-refractivity contribution in [1.29, 1.82) is 0 Å². The van der Waals surface area contributed by atoms with Crippen LogP contribution in [0.2, 0.25) is 0 Å². The maximum atomic E-state index is 12.3. The molecule has 0 saturated heterocycles. The molecule has 0 bridgehead atoms. The molecule has 31 heavy (non-hydrogen) atoms. The van der Waals surface area contributed by atoms with Crippen molar-refractivity contribution >= 4 is 17.6 Å².